The zero-order valence-corrected chi connectivity index (χ0v) is 18.5. The van der Waals surface area contributed by atoms with Gasteiger partial charge in [0.15, 0.2) is 0 Å². The highest BCUT2D eigenvalue weighted by Crippen LogP contribution is 2.39. The molecule has 29 heavy (non-hydrogen) atoms. The Morgan fingerprint density at radius 1 is 1.17 bits per heavy atom. The molecular formula is C24H35N3O2. The number of pyridine rings is 2. The van der Waals surface area contributed by atoms with Crippen LogP contribution in [0.15, 0.2) is 36.5 Å². The highest BCUT2D eigenvalue weighted by Gasteiger charge is 2.31. The van der Waals surface area contributed by atoms with Crippen molar-refractivity contribution in [1.29, 1.82) is 0 Å². The average molecular weight is 398 g/mol. The van der Waals surface area contributed by atoms with Gasteiger partial charge in [-0.1, -0.05) is 26.0 Å². The van der Waals surface area contributed by atoms with E-state index < -0.39 is 0 Å². The van der Waals surface area contributed by atoms with Crippen LogP contribution in [0.1, 0.15) is 81.2 Å². The largest absolute Gasteiger partial charge is 0.466 e. The van der Waals surface area contributed by atoms with Gasteiger partial charge in [0.2, 0.25) is 0 Å². The fraction of sp³-hybridized carbons (Fsp3) is 0.542. The van der Waals surface area contributed by atoms with E-state index in [1.807, 2.05) is 45.2 Å². The highest BCUT2D eigenvalue weighted by molar-refractivity contribution is 5.69. The molecule has 0 bridgehead atoms. The van der Waals surface area contributed by atoms with E-state index in [0.717, 1.165) is 30.7 Å². The number of aryl methyl sites for hydroxylation is 2. The molecule has 0 spiro atoms. The topological polar surface area (TPSA) is 55.3 Å². The summed E-state index contributed by atoms with van der Waals surface area (Å²) in [7, 11) is 2.18. The first-order valence-electron chi connectivity index (χ1n) is 10.8. The molecule has 2 aromatic rings. The van der Waals surface area contributed by atoms with Crippen molar-refractivity contribution in [2.75, 3.05) is 13.7 Å². The summed E-state index contributed by atoms with van der Waals surface area (Å²) < 4.78 is 5.02. The van der Waals surface area contributed by atoms with E-state index in [-0.39, 0.29) is 12.0 Å². The molecule has 0 N–H and O–H groups in total. The van der Waals surface area contributed by atoms with Gasteiger partial charge in [-0.3, -0.25) is 19.7 Å². The predicted octanol–water partition coefficient (Wildman–Crippen LogP) is 5.21. The van der Waals surface area contributed by atoms with Gasteiger partial charge < -0.3 is 4.74 Å². The lowest BCUT2D eigenvalue weighted by molar-refractivity contribution is -0.143. The normalized spacial score (nSPS) is 19.2. The van der Waals surface area contributed by atoms with Gasteiger partial charge in [-0.25, -0.2) is 0 Å². The fourth-order valence-electron chi connectivity index (χ4n) is 3.95. The number of aromatic nitrogens is 2. The lowest BCUT2D eigenvalue weighted by Crippen LogP contribution is -2.34. The molecule has 1 saturated heterocycles. The number of hydrogen-bond donors (Lipinski definition) is 0. The summed E-state index contributed by atoms with van der Waals surface area (Å²) in [6.45, 7) is 8.39. The number of rotatable bonds is 6. The summed E-state index contributed by atoms with van der Waals surface area (Å²) in [5.74, 6) is -0.162. The van der Waals surface area contributed by atoms with E-state index >= 15 is 0 Å². The first-order chi connectivity index (χ1) is 14.1. The standard InChI is InChI=1S/C22H29N3O2.C2H6/c1-4-27-21(26)14-13-17-9-5-10-18(24-17)19-11-6-12-20(25(19)3)22-16(2)8-7-15-23-22;1-2/h5,7-10,15,19-20H,4,6,11-14H2,1-3H3;1-2H3. The van der Waals surface area contributed by atoms with Crippen LogP contribution in [-0.2, 0) is 16.0 Å². The van der Waals surface area contributed by atoms with Crippen molar-refractivity contribution >= 4 is 5.97 Å². The Morgan fingerprint density at radius 3 is 2.66 bits per heavy atom. The second-order valence-electron chi connectivity index (χ2n) is 7.19. The maximum atomic E-state index is 11.6. The molecular weight excluding hydrogens is 362 g/mol. The van der Waals surface area contributed by atoms with Crippen LogP contribution in [0.5, 0.6) is 0 Å². The van der Waals surface area contributed by atoms with E-state index in [1.54, 1.807) is 0 Å². The molecule has 1 aliphatic rings. The number of nitrogens with zero attached hydrogens (tertiary/aromatic N) is 3. The molecule has 5 nitrogen and oxygen atoms in total. The molecule has 0 amide bonds. The first kappa shape index (κ1) is 23.0. The van der Waals surface area contributed by atoms with E-state index in [2.05, 4.69) is 36.0 Å². The molecule has 3 heterocycles. The summed E-state index contributed by atoms with van der Waals surface area (Å²) in [5.41, 5.74) is 4.44. The molecule has 1 aliphatic heterocycles. The smallest absolute Gasteiger partial charge is 0.306 e. The second kappa shape index (κ2) is 11.7. The van der Waals surface area contributed by atoms with Crippen molar-refractivity contribution in [3.63, 3.8) is 0 Å². The molecule has 0 aliphatic carbocycles. The maximum Gasteiger partial charge on any atom is 0.306 e. The number of piperidine rings is 1. The monoisotopic (exact) mass is 397 g/mol. The van der Waals surface area contributed by atoms with Gasteiger partial charge in [0.1, 0.15) is 0 Å². The summed E-state index contributed by atoms with van der Waals surface area (Å²) in [5, 5.41) is 0. The fourth-order valence-corrected chi connectivity index (χ4v) is 3.95. The van der Waals surface area contributed by atoms with Gasteiger partial charge in [-0.15, -0.1) is 0 Å². The number of ether oxygens (including phenoxy) is 1. The van der Waals surface area contributed by atoms with Crippen molar-refractivity contribution in [2.45, 2.75) is 71.9 Å². The number of hydrogen-bond acceptors (Lipinski definition) is 5. The summed E-state index contributed by atoms with van der Waals surface area (Å²) in [6.07, 6.45) is 6.24. The Morgan fingerprint density at radius 2 is 1.93 bits per heavy atom. The van der Waals surface area contributed by atoms with Crippen LogP contribution < -0.4 is 0 Å². The average Bonchev–Trinajstić information content (AvgIpc) is 2.75. The molecule has 0 saturated carbocycles. The molecule has 0 radical (unpaired) electrons. The lowest BCUT2D eigenvalue weighted by atomic mass is 9.90. The van der Waals surface area contributed by atoms with Crippen LogP contribution in [0.25, 0.3) is 0 Å². The van der Waals surface area contributed by atoms with E-state index in [9.17, 15) is 4.79 Å². The second-order valence-corrected chi connectivity index (χ2v) is 7.19. The Balaban J connectivity index is 0.00000145. The van der Waals surface area contributed by atoms with Crippen molar-refractivity contribution in [3.05, 3.63) is 59.2 Å². The minimum atomic E-state index is -0.162. The summed E-state index contributed by atoms with van der Waals surface area (Å²) >= 11 is 0. The molecule has 1 fully saturated rings. The van der Waals surface area contributed by atoms with Crippen molar-refractivity contribution < 1.29 is 9.53 Å². The van der Waals surface area contributed by atoms with Gasteiger partial charge in [0, 0.05) is 18.3 Å². The Labute approximate surface area is 175 Å². The van der Waals surface area contributed by atoms with Gasteiger partial charge >= 0.3 is 5.97 Å². The zero-order valence-electron chi connectivity index (χ0n) is 18.5. The molecule has 3 rings (SSSR count). The van der Waals surface area contributed by atoms with E-state index in [1.165, 1.54) is 11.3 Å². The molecule has 2 atom stereocenters. The van der Waals surface area contributed by atoms with Gasteiger partial charge in [-0.05, 0) is 63.9 Å². The van der Waals surface area contributed by atoms with Crippen molar-refractivity contribution in [3.8, 4) is 0 Å². The van der Waals surface area contributed by atoms with Crippen LogP contribution >= 0.6 is 0 Å². The Hall–Kier alpha value is -2.27. The first-order valence-corrected chi connectivity index (χ1v) is 10.8. The zero-order chi connectivity index (χ0) is 21.2. The summed E-state index contributed by atoms with van der Waals surface area (Å²) in [6, 6.07) is 10.9. The Bertz CT molecular complexity index is 778. The van der Waals surface area contributed by atoms with Crippen LogP contribution in [0.4, 0.5) is 0 Å². The third kappa shape index (κ3) is 6.10. The molecule has 5 heteroatoms. The third-order valence-corrected chi connectivity index (χ3v) is 5.36. The predicted molar refractivity (Wildman–Crippen MR) is 117 cm³/mol. The van der Waals surface area contributed by atoms with Crippen LogP contribution in [0, 0.1) is 6.92 Å². The van der Waals surface area contributed by atoms with Crippen LogP contribution in [0.3, 0.4) is 0 Å². The molecule has 158 valence electrons. The minimum Gasteiger partial charge on any atom is -0.466 e. The molecule has 2 aromatic heterocycles. The maximum absolute atomic E-state index is 11.6. The number of carbonyl (C=O) groups excluding carboxylic acids is 1. The minimum absolute atomic E-state index is 0.162. The van der Waals surface area contributed by atoms with Gasteiger partial charge in [0.05, 0.1) is 36.5 Å². The number of esters is 1. The molecule has 2 unspecified atom stereocenters. The van der Waals surface area contributed by atoms with Crippen LogP contribution in [0.2, 0.25) is 0 Å². The van der Waals surface area contributed by atoms with E-state index in [4.69, 9.17) is 9.72 Å². The summed E-state index contributed by atoms with van der Waals surface area (Å²) in [4.78, 5) is 23.5. The lowest BCUT2D eigenvalue weighted by Gasteiger charge is -2.39. The van der Waals surface area contributed by atoms with Gasteiger partial charge in [-0.2, -0.15) is 0 Å². The SMILES string of the molecule is CC.CCOC(=O)CCc1cccc(C2CCCC(c3ncccc3C)N2C)n1. The van der Waals surface area contributed by atoms with Crippen molar-refractivity contribution in [2.24, 2.45) is 0 Å². The Kier molecular flexibility index (Phi) is 9.26. The number of likely N-dealkylation sites (tertiary alicyclic amines) is 1. The van der Waals surface area contributed by atoms with Gasteiger partial charge in [0.25, 0.3) is 0 Å². The van der Waals surface area contributed by atoms with E-state index in [0.29, 0.717) is 25.5 Å². The quantitative estimate of drug-likeness (QED) is 0.627. The number of carbonyl (C=O) groups is 1. The third-order valence-electron chi connectivity index (χ3n) is 5.36. The highest BCUT2D eigenvalue weighted by atomic mass is 16.5. The van der Waals surface area contributed by atoms with Crippen LogP contribution in [-0.4, -0.2) is 34.5 Å². The van der Waals surface area contributed by atoms with Crippen molar-refractivity contribution in [1.82, 2.24) is 14.9 Å². The molecule has 0 aromatic carbocycles.